The van der Waals surface area contributed by atoms with Gasteiger partial charge in [-0.1, -0.05) is 0 Å². The highest BCUT2D eigenvalue weighted by molar-refractivity contribution is 5.93. The molecule has 2 aromatic rings. The van der Waals surface area contributed by atoms with E-state index in [0.717, 1.165) is 5.56 Å². The van der Waals surface area contributed by atoms with Crippen molar-refractivity contribution in [2.45, 2.75) is 6.61 Å². The average Bonchev–Trinajstić information content (AvgIpc) is 2.82. The summed E-state index contributed by atoms with van der Waals surface area (Å²) in [5.41, 5.74) is 7.36. The monoisotopic (exact) mass is 261 g/mol. The fourth-order valence-electron chi connectivity index (χ4n) is 1.65. The van der Waals surface area contributed by atoms with Crippen molar-refractivity contribution in [3.63, 3.8) is 0 Å². The van der Waals surface area contributed by atoms with Crippen molar-refractivity contribution >= 4 is 11.7 Å². The van der Waals surface area contributed by atoms with Gasteiger partial charge in [0.05, 0.1) is 13.3 Å². The van der Waals surface area contributed by atoms with Gasteiger partial charge in [-0.2, -0.15) is 5.10 Å². The van der Waals surface area contributed by atoms with Crippen LogP contribution in [0.3, 0.4) is 0 Å². The molecule has 0 atom stereocenters. The third kappa shape index (κ3) is 3.04. The summed E-state index contributed by atoms with van der Waals surface area (Å²) in [4.78, 5) is 11.6. The molecule has 0 saturated carbocycles. The SMILES string of the molecule is COC(=O)c1cc(N)ccc1OCc1cnn(C)c1. The summed E-state index contributed by atoms with van der Waals surface area (Å²) in [5, 5.41) is 4.04. The molecular weight excluding hydrogens is 246 g/mol. The largest absolute Gasteiger partial charge is 0.488 e. The lowest BCUT2D eigenvalue weighted by Crippen LogP contribution is -2.06. The van der Waals surface area contributed by atoms with Gasteiger partial charge in [-0.25, -0.2) is 4.79 Å². The molecule has 0 unspecified atom stereocenters. The maximum Gasteiger partial charge on any atom is 0.341 e. The van der Waals surface area contributed by atoms with Crippen molar-refractivity contribution in [1.82, 2.24) is 9.78 Å². The summed E-state index contributed by atoms with van der Waals surface area (Å²) >= 11 is 0. The standard InChI is InChI=1S/C13H15N3O3/c1-16-7-9(6-15-16)8-19-12-4-3-10(14)5-11(12)13(17)18-2/h3-7H,8,14H2,1-2H3. The van der Waals surface area contributed by atoms with Gasteiger partial charge >= 0.3 is 5.97 Å². The number of aromatic nitrogens is 2. The van der Waals surface area contributed by atoms with Crippen molar-refractivity contribution in [2.24, 2.45) is 7.05 Å². The topological polar surface area (TPSA) is 79.4 Å². The molecular formula is C13H15N3O3. The van der Waals surface area contributed by atoms with E-state index in [9.17, 15) is 4.79 Å². The smallest absolute Gasteiger partial charge is 0.341 e. The lowest BCUT2D eigenvalue weighted by atomic mass is 10.2. The first-order valence-electron chi connectivity index (χ1n) is 5.68. The van der Waals surface area contributed by atoms with Crippen LogP contribution in [0.2, 0.25) is 0 Å². The van der Waals surface area contributed by atoms with Crippen LogP contribution in [0, 0.1) is 0 Å². The Hall–Kier alpha value is -2.50. The first kappa shape index (κ1) is 12.9. The number of ether oxygens (including phenoxy) is 2. The molecule has 0 aliphatic carbocycles. The van der Waals surface area contributed by atoms with Gasteiger partial charge in [0.2, 0.25) is 0 Å². The maximum absolute atomic E-state index is 11.6. The molecule has 0 bridgehead atoms. The third-order valence-corrected chi connectivity index (χ3v) is 2.56. The first-order valence-corrected chi connectivity index (χ1v) is 5.68. The van der Waals surface area contributed by atoms with E-state index in [1.807, 2.05) is 13.2 Å². The average molecular weight is 261 g/mol. The Kier molecular flexibility index (Phi) is 3.70. The van der Waals surface area contributed by atoms with Gasteiger partial charge in [0.25, 0.3) is 0 Å². The van der Waals surface area contributed by atoms with Gasteiger partial charge in [0, 0.05) is 24.5 Å². The molecule has 0 fully saturated rings. The third-order valence-electron chi connectivity index (χ3n) is 2.56. The van der Waals surface area contributed by atoms with Gasteiger partial charge < -0.3 is 15.2 Å². The Morgan fingerprint density at radius 3 is 2.89 bits per heavy atom. The number of nitrogens with two attached hydrogens (primary N) is 1. The van der Waals surface area contributed by atoms with E-state index in [2.05, 4.69) is 5.10 Å². The van der Waals surface area contributed by atoms with Crippen LogP contribution in [0.15, 0.2) is 30.6 Å². The van der Waals surface area contributed by atoms with Gasteiger partial charge in [-0.3, -0.25) is 4.68 Å². The van der Waals surface area contributed by atoms with Crippen molar-refractivity contribution in [1.29, 1.82) is 0 Å². The molecule has 6 heteroatoms. The number of nitrogen functional groups attached to an aromatic ring is 1. The van der Waals surface area contributed by atoms with Crippen molar-refractivity contribution in [2.75, 3.05) is 12.8 Å². The predicted octanol–water partition coefficient (Wildman–Crippen LogP) is 1.37. The number of nitrogens with zero attached hydrogens (tertiary/aromatic N) is 2. The lowest BCUT2D eigenvalue weighted by Gasteiger charge is -2.10. The van der Waals surface area contributed by atoms with Crippen LogP contribution in [0.25, 0.3) is 0 Å². The zero-order valence-electron chi connectivity index (χ0n) is 10.8. The predicted molar refractivity (Wildman–Crippen MR) is 69.7 cm³/mol. The highest BCUT2D eigenvalue weighted by Crippen LogP contribution is 2.23. The molecule has 100 valence electrons. The van der Waals surface area contributed by atoms with E-state index in [-0.39, 0.29) is 0 Å². The number of anilines is 1. The van der Waals surface area contributed by atoms with Gasteiger partial charge in [-0.05, 0) is 18.2 Å². The molecule has 0 aliphatic heterocycles. The minimum absolute atomic E-state index is 0.311. The first-order chi connectivity index (χ1) is 9.10. The van der Waals surface area contributed by atoms with Crippen LogP contribution in [0.4, 0.5) is 5.69 Å². The Balaban J connectivity index is 2.17. The molecule has 0 radical (unpaired) electrons. The second-order valence-corrected chi connectivity index (χ2v) is 4.06. The number of benzene rings is 1. The normalized spacial score (nSPS) is 10.2. The minimum Gasteiger partial charge on any atom is -0.488 e. The summed E-state index contributed by atoms with van der Waals surface area (Å²) < 4.78 is 12.0. The molecule has 2 N–H and O–H groups in total. The van der Waals surface area contributed by atoms with Crippen LogP contribution in [0.1, 0.15) is 15.9 Å². The van der Waals surface area contributed by atoms with E-state index < -0.39 is 5.97 Å². The zero-order valence-corrected chi connectivity index (χ0v) is 10.8. The second kappa shape index (κ2) is 5.43. The van der Waals surface area contributed by atoms with Crippen LogP contribution < -0.4 is 10.5 Å². The molecule has 6 nitrogen and oxygen atoms in total. The molecule has 2 rings (SSSR count). The van der Waals surface area contributed by atoms with Gasteiger partial charge in [-0.15, -0.1) is 0 Å². The second-order valence-electron chi connectivity index (χ2n) is 4.06. The van der Waals surface area contributed by atoms with Crippen LogP contribution in [-0.4, -0.2) is 22.9 Å². The summed E-state index contributed by atoms with van der Waals surface area (Å²) in [6.07, 6.45) is 3.55. The highest BCUT2D eigenvalue weighted by Gasteiger charge is 2.13. The van der Waals surface area contributed by atoms with E-state index in [1.165, 1.54) is 13.2 Å². The fraction of sp³-hybridized carbons (Fsp3) is 0.231. The number of methoxy groups -OCH3 is 1. The van der Waals surface area contributed by atoms with Crippen molar-refractivity contribution in [3.8, 4) is 5.75 Å². The minimum atomic E-state index is -0.478. The van der Waals surface area contributed by atoms with E-state index >= 15 is 0 Å². The van der Waals surface area contributed by atoms with E-state index in [0.29, 0.717) is 23.6 Å². The van der Waals surface area contributed by atoms with E-state index in [4.69, 9.17) is 15.2 Å². The summed E-state index contributed by atoms with van der Waals surface area (Å²) in [7, 11) is 3.14. The fourth-order valence-corrected chi connectivity index (χ4v) is 1.65. The zero-order chi connectivity index (χ0) is 13.8. The molecule has 19 heavy (non-hydrogen) atoms. The summed E-state index contributed by atoms with van der Waals surface area (Å²) in [6.45, 7) is 0.321. The number of rotatable bonds is 4. The number of carbonyl (C=O) groups is 1. The summed E-state index contributed by atoms with van der Waals surface area (Å²) in [5.74, 6) is -0.0432. The Morgan fingerprint density at radius 1 is 1.47 bits per heavy atom. The maximum atomic E-state index is 11.6. The number of aryl methyl sites for hydroxylation is 1. The Morgan fingerprint density at radius 2 is 2.26 bits per heavy atom. The van der Waals surface area contributed by atoms with Crippen LogP contribution in [-0.2, 0) is 18.4 Å². The van der Waals surface area contributed by atoms with Crippen molar-refractivity contribution < 1.29 is 14.3 Å². The Bertz CT molecular complexity index is 593. The molecule has 0 spiro atoms. The van der Waals surface area contributed by atoms with Crippen LogP contribution >= 0.6 is 0 Å². The number of hydrogen-bond acceptors (Lipinski definition) is 5. The van der Waals surface area contributed by atoms with Crippen molar-refractivity contribution in [3.05, 3.63) is 41.7 Å². The highest BCUT2D eigenvalue weighted by atomic mass is 16.5. The molecule has 1 aromatic carbocycles. The van der Waals surface area contributed by atoms with Crippen LogP contribution in [0.5, 0.6) is 5.75 Å². The summed E-state index contributed by atoms with van der Waals surface area (Å²) in [6, 6.07) is 4.85. The number of esters is 1. The van der Waals surface area contributed by atoms with Gasteiger partial charge in [0.15, 0.2) is 0 Å². The molecule has 1 heterocycles. The Labute approximate surface area is 110 Å². The quantitative estimate of drug-likeness (QED) is 0.664. The number of carbonyl (C=O) groups excluding carboxylic acids is 1. The molecule has 0 aliphatic rings. The molecule has 0 saturated heterocycles. The molecule has 0 amide bonds. The van der Waals surface area contributed by atoms with Gasteiger partial charge in [0.1, 0.15) is 17.9 Å². The lowest BCUT2D eigenvalue weighted by molar-refractivity contribution is 0.0595. The van der Waals surface area contributed by atoms with E-state index in [1.54, 1.807) is 23.0 Å². The molecule has 1 aromatic heterocycles. The number of hydrogen-bond donors (Lipinski definition) is 1.